The van der Waals surface area contributed by atoms with Crippen LogP contribution < -0.4 is 5.32 Å². The number of likely N-dealkylation sites (N-methyl/N-ethyl adjacent to an activating group) is 1. The molecule has 0 amide bonds. The molecule has 0 radical (unpaired) electrons. The molecule has 2 aromatic rings. The van der Waals surface area contributed by atoms with Crippen LogP contribution in [0.5, 0.6) is 0 Å². The van der Waals surface area contributed by atoms with Crippen LogP contribution in [-0.2, 0) is 11.3 Å². The van der Waals surface area contributed by atoms with Crippen molar-refractivity contribution in [1.29, 1.82) is 0 Å². The smallest absolute Gasteiger partial charge is 0.0735 e. The van der Waals surface area contributed by atoms with E-state index >= 15 is 0 Å². The Balaban J connectivity index is 1.68. The molecule has 1 fully saturated rings. The maximum Gasteiger partial charge on any atom is 0.0735 e. The molecule has 3 rings (SSSR count). The van der Waals surface area contributed by atoms with E-state index in [0.29, 0.717) is 12.1 Å². The van der Waals surface area contributed by atoms with Gasteiger partial charge in [0.25, 0.3) is 0 Å². The van der Waals surface area contributed by atoms with E-state index in [2.05, 4.69) is 35.0 Å². The van der Waals surface area contributed by atoms with E-state index in [1.807, 2.05) is 18.4 Å². The van der Waals surface area contributed by atoms with Crippen molar-refractivity contribution >= 4 is 21.4 Å². The van der Waals surface area contributed by atoms with Crippen LogP contribution in [0.2, 0.25) is 0 Å². The van der Waals surface area contributed by atoms with Gasteiger partial charge in [-0.1, -0.05) is 31.0 Å². The van der Waals surface area contributed by atoms with Gasteiger partial charge in [0, 0.05) is 10.7 Å². The number of hydrogen-bond acceptors (Lipinski definition) is 3. The Labute approximate surface area is 118 Å². The van der Waals surface area contributed by atoms with Crippen LogP contribution in [-0.4, -0.2) is 19.2 Å². The quantitative estimate of drug-likeness (QED) is 0.912. The first-order valence-electron chi connectivity index (χ1n) is 7.12. The molecule has 2 atom stereocenters. The molecular formula is C16H21NOS. The zero-order valence-corrected chi connectivity index (χ0v) is 12.2. The summed E-state index contributed by atoms with van der Waals surface area (Å²) in [6.45, 7) is 0.743. The van der Waals surface area contributed by atoms with Gasteiger partial charge < -0.3 is 10.1 Å². The van der Waals surface area contributed by atoms with E-state index < -0.39 is 0 Å². The Morgan fingerprint density at radius 3 is 3.00 bits per heavy atom. The summed E-state index contributed by atoms with van der Waals surface area (Å²) < 4.78 is 7.54. The van der Waals surface area contributed by atoms with E-state index in [-0.39, 0.29) is 0 Å². The Bertz CT molecular complexity index is 536. The molecular weight excluding hydrogens is 254 g/mol. The summed E-state index contributed by atoms with van der Waals surface area (Å²) in [5.41, 5.74) is 1.33. The van der Waals surface area contributed by atoms with E-state index in [9.17, 15) is 0 Å². The standard InChI is InChI=1S/C16H21NOS/c1-17-14-7-3-4-8-15(14)18-10-12-11-19-16-9-5-2-6-13(12)16/h2,5-6,9,11,14-15,17H,3-4,7-8,10H2,1H3. The monoisotopic (exact) mass is 275 g/mol. The van der Waals surface area contributed by atoms with Crippen molar-refractivity contribution in [2.75, 3.05) is 7.05 Å². The van der Waals surface area contributed by atoms with E-state index in [0.717, 1.165) is 6.61 Å². The van der Waals surface area contributed by atoms with Crippen LogP contribution in [0.4, 0.5) is 0 Å². The molecule has 2 nitrogen and oxygen atoms in total. The first kappa shape index (κ1) is 13.1. The SMILES string of the molecule is CNC1CCCCC1OCc1csc2ccccc12. The number of thiophene rings is 1. The first-order chi connectivity index (χ1) is 9.38. The number of benzene rings is 1. The summed E-state index contributed by atoms with van der Waals surface area (Å²) >= 11 is 1.81. The molecule has 102 valence electrons. The fourth-order valence-corrected chi connectivity index (χ4v) is 3.92. The molecule has 1 aromatic carbocycles. The minimum atomic E-state index is 0.373. The molecule has 19 heavy (non-hydrogen) atoms. The minimum absolute atomic E-state index is 0.373. The lowest BCUT2D eigenvalue weighted by atomic mass is 9.92. The number of nitrogens with one attached hydrogen (secondary N) is 1. The van der Waals surface area contributed by atoms with Gasteiger partial charge in [-0.3, -0.25) is 0 Å². The second-order valence-electron chi connectivity index (χ2n) is 5.29. The van der Waals surface area contributed by atoms with Crippen LogP contribution in [0.3, 0.4) is 0 Å². The maximum atomic E-state index is 6.18. The molecule has 0 spiro atoms. The molecule has 1 N–H and O–H groups in total. The highest BCUT2D eigenvalue weighted by Gasteiger charge is 2.24. The average Bonchev–Trinajstić information content (AvgIpc) is 2.89. The summed E-state index contributed by atoms with van der Waals surface area (Å²) in [7, 11) is 2.05. The lowest BCUT2D eigenvalue weighted by molar-refractivity contribution is -0.00302. The van der Waals surface area contributed by atoms with E-state index in [1.165, 1.54) is 41.3 Å². The highest BCUT2D eigenvalue weighted by Crippen LogP contribution is 2.28. The Morgan fingerprint density at radius 2 is 2.11 bits per heavy atom. The van der Waals surface area contributed by atoms with Crippen molar-refractivity contribution in [2.45, 2.75) is 44.4 Å². The molecule has 3 heteroatoms. The van der Waals surface area contributed by atoms with Gasteiger partial charge in [0.05, 0.1) is 12.7 Å². The summed E-state index contributed by atoms with van der Waals surface area (Å²) in [6.07, 6.45) is 5.43. The minimum Gasteiger partial charge on any atom is -0.372 e. The third kappa shape index (κ3) is 2.83. The average molecular weight is 275 g/mol. The van der Waals surface area contributed by atoms with Gasteiger partial charge in [-0.2, -0.15) is 0 Å². The maximum absolute atomic E-state index is 6.18. The Kier molecular flexibility index (Phi) is 4.16. The molecule has 0 aliphatic heterocycles. The van der Waals surface area contributed by atoms with Gasteiger partial charge in [0.2, 0.25) is 0 Å². The molecule has 1 aromatic heterocycles. The summed E-state index contributed by atoms with van der Waals surface area (Å²) in [5.74, 6) is 0. The van der Waals surface area contributed by atoms with Crippen molar-refractivity contribution in [3.63, 3.8) is 0 Å². The van der Waals surface area contributed by atoms with Crippen LogP contribution in [0.15, 0.2) is 29.6 Å². The summed E-state index contributed by atoms with van der Waals surface area (Å²) in [5, 5.41) is 6.99. The van der Waals surface area contributed by atoms with Gasteiger partial charge >= 0.3 is 0 Å². The third-order valence-electron chi connectivity index (χ3n) is 4.09. The predicted octanol–water partition coefficient (Wildman–Crippen LogP) is 3.95. The zero-order chi connectivity index (χ0) is 13.1. The van der Waals surface area contributed by atoms with Crippen molar-refractivity contribution in [2.24, 2.45) is 0 Å². The normalized spacial score (nSPS) is 23.8. The molecule has 1 saturated carbocycles. The molecule has 0 bridgehead atoms. The van der Waals surface area contributed by atoms with Crippen LogP contribution >= 0.6 is 11.3 Å². The summed E-state index contributed by atoms with van der Waals surface area (Å²) in [6, 6.07) is 9.11. The van der Waals surface area contributed by atoms with Crippen LogP contribution in [0.1, 0.15) is 31.2 Å². The van der Waals surface area contributed by atoms with Gasteiger partial charge in [0.15, 0.2) is 0 Å². The second-order valence-corrected chi connectivity index (χ2v) is 6.20. The lowest BCUT2D eigenvalue weighted by Crippen LogP contribution is -2.41. The van der Waals surface area contributed by atoms with Crippen molar-refractivity contribution in [3.05, 3.63) is 35.2 Å². The fraction of sp³-hybridized carbons (Fsp3) is 0.500. The van der Waals surface area contributed by atoms with Crippen molar-refractivity contribution < 1.29 is 4.74 Å². The Morgan fingerprint density at radius 1 is 1.26 bits per heavy atom. The van der Waals surface area contributed by atoms with E-state index in [4.69, 9.17) is 4.74 Å². The number of hydrogen-bond donors (Lipinski definition) is 1. The van der Waals surface area contributed by atoms with Gasteiger partial charge in [0.1, 0.15) is 0 Å². The Hall–Kier alpha value is -0.900. The van der Waals surface area contributed by atoms with E-state index in [1.54, 1.807) is 0 Å². The zero-order valence-electron chi connectivity index (χ0n) is 11.4. The molecule has 1 aliphatic carbocycles. The highest BCUT2D eigenvalue weighted by molar-refractivity contribution is 7.17. The van der Waals surface area contributed by atoms with Gasteiger partial charge in [-0.25, -0.2) is 0 Å². The summed E-state index contributed by atoms with van der Waals surface area (Å²) in [4.78, 5) is 0. The van der Waals surface area contributed by atoms with Crippen molar-refractivity contribution in [1.82, 2.24) is 5.32 Å². The second kappa shape index (κ2) is 6.04. The fourth-order valence-electron chi connectivity index (χ4n) is 2.97. The molecule has 1 aliphatic rings. The number of ether oxygens (including phenoxy) is 1. The van der Waals surface area contributed by atoms with Crippen LogP contribution in [0, 0.1) is 0 Å². The first-order valence-corrected chi connectivity index (χ1v) is 8.00. The number of rotatable bonds is 4. The number of fused-ring (bicyclic) bond motifs is 1. The highest BCUT2D eigenvalue weighted by atomic mass is 32.1. The predicted molar refractivity (Wildman–Crippen MR) is 81.7 cm³/mol. The molecule has 1 heterocycles. The molecule has 2 unspecified atom stereocenters. The van der Waals surface area contributed by atoms with Crippen LogP contribution in [0.25, 0.3) is 10.1 Å². The third-order valence-corrected chi connectivity index (χ3v) is 5.10. The molecule has 0 saturated heterocycles. The topological polar surface area (TPSA) is 21.3 Å². The van der Waals surface area contributed by atoms with Crippen molar-refractivity contribution in [3.8, 4) is 0 Å². The lowest BCUT2D eigenvalue weighted by Gasteiger charge is -2.31. The van der Waals surface area contributed by atoms with Gasteiger partial charge in [-0.15, -0.1) is 11.3 Å². The van der Waals surface area contributed by atoms with Gasteiger partial charge in [-0.05, 0) is 42.3 Å². The largest absolute Gasteiger partial charge is 0.372 e.